The lowest BCUT2D eigenvalue weighted by Gasteiger charge is -2.35. The molecule has 0 saturated carbocycles. The number of aliphatic carboxylic acids is 1. The first-order chi connectivity index (χ1) is 17.1. The average molecular weight is 535 g/mol. The number of hydrogen-bond donors (Lipinski definition) is 2. The highest BCUT2D eigenvalue weighted by molar-refractivity contribution is 5.80. The van der Waals surface area contributed by atoms with E-state index in [1.54, 1.807) is 25.7 Å². The van der Waals surface area contributed by atoms with E-state index in [1.807, 2.05) is 30.3 Å². The van der Waals surface area contributed by atoms with Gasteiger partial charge in [0.05, 0.1) is 0 Å². The first-order valence-corrected chi connectivity index (χ1v) is 11.3. The molecule has 1 aromatic rings. The van der Waals surface area contributed by atoms with Gasteiger partial charge >= 0.3 is 24.3 Å². The minimum Gasteiger partial charge on any atom is -0.475 e. The van der Waals surface area contributed by atoms with Gasteiger partial charge in [-0.15, -0.1) is 0 Å². The second-order valence-corrected chi connectivity index (χ2v) is 9.04. The molecule has 0 bridgehead atoms. The smallest absolute Gasteiger partial charge is 0.475 e. The number of primary amides is 1. The molecule has 11 nitrogen and oxygen atoms in total. The van der Waals surface area contributed by atoms with Crippen LogP contribution in [-0.2, 0) is 25.7 Å². The molecule has 1 heterocycles. The maximum atomic E-state index is 12.3. The molecule has 208 valence electrons. The van der Waals surface area contributed by atoms with Gasteiger partial charge in [-0.2, -0.15) is 13.2 Å². The molecule has 0 unspecified atom stereocenters. The summed E-state index contributed by atoms with van der Waals surface area (Å²) in [5.41, 5.74) is 5.56. The Hall–Kier alpha value is -3.55. The third-order valence-corrected chi connectivity index (χ3v) is 4.76. The quantitative estimate of drug-likeness (QED) is 0.543. The van der Waals surface area contributed by atoms with Crippen LogP contribution in [0, 0.1) is 0 Å². The maximum Gasteiger partial charge on any atom is 0.490 e. The molecular formula is C23H33F3N4O7. The normalized spacial score (nSPS) is 14.2. The molecular weight excluding hydrogens is 501 g/mol. The Kier molecular flexibility index (Phi) is 12.1. The molecule has 0 atom stereocenters. The molecule has 0 spiro atoms. The van der Waals surface area contributed by atoms with Crippen molar-refractivity contribution >= 4 is 24.1 Å². The van der Waals surface area contributed by atoms with Crippen LogP contribution in [0.1, 0.15) is 26.3 Å². The van der Waals surface area contributed by atoms with Crippen molar-refractivity contribution in [3.63, 3.8) is 0 Å². The van der Waals surface area contributed by atoms with Gasteiger partial charge in [0.15, 0.2) is 0 Å². The number of benzene rings is 1. The maximum absolute atomic E-state index is 12.3. The fourth-order valence-corrected chi connectivity index (χ4v) is 2.98. The van der Waals surface area contributed by atoms with Gasteiger partial charge in [-0.3, -0.25) is 14.6 Å². The van der Waals surface area contributed by atoms with Gasteiger partial charge in [0.2, 0.25) is 5.91 Å². The third kappa shape index (κ3) is 13.4. The molecule has 0 aliphatic carbocycles. The zero-order valence-electron chi connectivity index (χ0n) is 21.0. The predicted molar refractivity (Wildman–Crippen MR) is 125 cm³/mol. The van der Waals surface area contributed by atoms with Crippen LogP contribution in [0.4, 0.5) is 22.8 Å². The van der Waals surface area contributed by atoms with E-state index in [9.17, 15) is 27.6 Å². The highest BCUT2D eigenvalue weighted by Gasteiger charge is 2.38. The lowest BCUT2D eigenvalue weighted by Crippen LogP contribution is -2.51. The Bertz CT molecular complexity index is 900. The van der Waals surface area contributed by atoms with Gasteiger partial charge in [0.25, 0.3) is 0 Å². The van der Waals surface area contributed by atoms with Gasteiger partial charge in [0, 0.05) is 39.3 Å². The summed E-state index contributed by atoms with van der Waals surface area (Å²) in [6.07, 6.45) is -5.98. The van der Waals surface area contributed by atoms with Crippen molar-refractivity contribution in [3.05, 3.63) is 35.9 Å². The number of ether oxygens (including phenoxy) is 2. The molecule has 14 heteroatoms. The summed E-state index contributed by atoms with van der Waals surface area (Å²) >= 11 is 0. The summed E-state index contributed by atoms with van der Waals surface area (Å²) in [6.45, 7) is 8.61. The summed E-state index contributed by atoms with van der Waals surface area (Å²) in [7, 11) is 0. The van der Waals surface area contributed by atoms with Crippen molar-refractivity contribution in [2.75, 3.05) is 45.8 Å². The molecule has 1 saturated heterocycles. The van der Waals surface area contributed by atoms with Gasteiger partial charge in [-0.25, -0.2) is 14.4 Å². The second-order valence-electron chi connectivity index (χ2n) is 9.04. The van der Waals surface area contributed by atoms with E-state index in [0.29, 0.717) is 39.3 Å². The summed E-state index contributed by atoms with van der Waals surface area (Å²) in [5, 5.41) is 7.12. The second kappa shape index (κ2) is 14.3. The number of carboxylic acids is 1. The highest BCUT2D eigenvalue weighted by Crippen LogP contribution is 2.13. The molecule has 0 aromatic heterocycles. The SMILES string of the molecule is CC(C)(C)OC(=O)N(CCN1CCN(C(=O)OCc2ccccc2)CC1)CC(N)=O.O=C(O)C(F)(F)F. The summed E-state index contributed by atoms with van der Waals surface area (Å²) < 4.78 is 42.5. The monoisotopic (exact) mass is 534 g/mol. The summed E-state index contributed by atoms with van der Waals surface area (Å²) in [5.74, 6) is -3.35. The van der Waals surface area contributed by atoms with Crippen LogP contribution >= 0.6 is 0 Å². The molecule has 1 aromatic carbocycles. The predicted octanol–water partition coefficient (Wildman–Crippen LogP) is 2.30. The first-order valence-electron chi connectivity index (χ1n) is 11.3. The van der Waals surface area contributed by atoms with Gasteiger partial charge in [-0.1, -0.05) is 30.3 Å². The number of nitrogens with zero attached hydrogens (tertiary/aromatic N) is 3. The van der Waals surface area contributed by atoms with Crippen molar-refractivity contribution in [2.24, 2.45) is 5.73 Å². The molecule has 37 heavy (non-hydrogen) atoms. The number of halogens is 3. The van der Waals surface area contributed by atoms with Crippen molar-refractivity contribution in [1.82, 2.24) is 14.7 Å². The van der Waals surface area contributed by atoms with Crippen LogP contribution in [0.25, 0.3) is 0 Å². The van der Waals surface area contributed by atoms with E-state index >= 15 is 0 Å². The Labute approximate surface area is 212 Å². The number of nitrogens with two attached hydrogens (primary N) is 1. The minimum atomic E-state index is -5.08. The van der Waals surface area contributed by atoms with E-state index in [-0.39, 0.29) is 19.2 Å². The van der Waals surface area contributed by atoms with E-state index in [4.69, 9.17) is 25.1 Å². The summed E-state index contributed by atoms with van der Waals surface area (Å²) in [4.78, 5) is 49.9. The summed E-state index contributed by atoms with van der Waals surface area (Å²) in [6, 6.07) is 9.54. The zero-order chi connectivity index (χ0) is 28.2. The Balaban J connectivity index is 0.000000856. The molecule has 1 aliphatic rings. The fourth-order valence-electron chi connectivity index (χ4n) is 2.98. The molecule has 1 fully saturated rings. The molecule has 0 radical (unpaired) electrons. The number of carboxylic acid groups (broad SMARTS) is 1. The van der Waals surface area contributed by atoms with E-state index < -0.39 is 29.7 Å². The average Bonchev–Trinajstić information content (AvgIpc) is 2.79. The number of piperazine rings is 1. The lowest BCUT2D eigenvalue weighted by molar-refractivity contribution is -0.192. The number of carbonyl (C=O) groups excluding carboxylic acids is 3. The number of rotatable bonds is 7. The van der Waals surface area contributed by atoms with Crippen LogP contribution in [-0.4, -0.2) is 101 Å². The number of carbonyl (C=O) groups is 4. The first kappa shape index (κ1) is 31.5. The highest BCUT2D eigenvalue weighted by atomic mass is 19.4. The van der Waals surface area contributed by atoms with Crippen molar-refractivity contribution in [3.8, 4) is 0 Å². The largest absolute Gasteiger partial charge is 0.490 e. The Morgan fingerprint density at radius 3 is 2.03 bits per heavy atom. The van der Waals surface area contributed by atoms with Crippen molar-refractivity contribution in [2.45, 2.75) is 39.2 Å². The zero-order valence-corrected chi connectivity index (χ0v) is 21.0. The van der Waals surface area contributed by atoms with E-state index in [2.05, 4.69) is 4.90 Å². The molecule has 3 amide bonds. The lowest BCUT2D eigenvalue weighted by atomic mass is 10.2. The van der Waals surface area contributed by atoms with Gasteiger partial charge in [0.1, 0.15) is 18.8 Å². The van der Waals surface area contributed by atoms with E-state index in [0.717, 1.165) is 5.56 Å². The molecule has 2 rings (SSSR count). The molecule has 3 N–H and O–H groups in total. The molecule has 1 aliphatic heterocycles. The third-order valence-electron chi connectivity index (χ3n) is 4.76. The van der Waals surface area contributed by atoms with Crippen LogP contribution in [0.2, 0.25) is 0 Å². The van der Waals surface area contributed by atoms with Gasteiger partial charge < -0.3 is 25.2 Å². The van der Waals surface area contributed by atoms with Crippen molar-refractivity contribution < 1.29 is 46.9 Å². The van der Waals surface area contributed by atoms with Crippen LogP contribution in [0.15, 0.2) is 30.3 Å². The fraction of sp³-hybridized carbons (Fsp3) is 0.565. The Morgan fingerprint density at radius 2 is 1.57 bits per heavy atom. The van der Waals surface area contributed by atoms with Crippen LogP contribution < -0.4 is 5.73 Å². The number of amides is 3. The minimum absolute atomic E-state index is 0.194. The van der Waals surface area contributed by atoms with E-state index in [1.165, 1.54) is 4.90 Å². The van der Waals surface area contributed by atoms with Gasteiger partial charge in [-0.05, 0) is 26.3 Å². The topological polar surface area (TPSA) is 143 Å². The Morgan fingerprint density at radius 1 is 1.03 bits per heavy atom. The number of alkyl halides is 3. The van der Waals surface area contributed by atoms with Crippen LogP contribution in [0.3, 0.4) is 0 Å². The van der Waals surface area contributed by atoms with Crippen LogP contribution in [0.5, 0.6) is 0 Å². The standard InChI is InChI=1S/C21H32N4O5.C2HF3O2/c1-21(2,3)30-20(28)25(15-18(22)26)14-11-23-9-12-24(13-10-23)19(27)29-16-17-7-5-4-6-8-17;3-2(4,5)1(6)7/h4-8H,9-16H2,1-3H3,(H2,22,26);(H,6,7). The van der Waals surface area contributed by atoms with Crippen molar-refractivity contribution in [1.29, 1.82) is 0 Å². The number of hydrogen-bond acceptors (Lipinski definition) is 7.